The van der Waals surface area contributed by atoms with Crippen molar-refractivity contribution < 1.29 is 0 Å². The van der Waals surface area contributed by atoms with Crippen LogP contribution >= 0.6 is 0 Å². The van der Waals surface area contributed by atoms with Crippen molar-refractivity contribution in [2.75, 3.05) is 0 Å². The summed E-state index contributed by atoms with van der Waals surface area (Å²) >= 11 is 0. The molecule has 0 nitrogen and oxygen atoms in total. The SMILES string of the molecule is C=CCCc1ccc2cc(C3CCC(C4CCC(/C=C/C)CC4)CC3)ccc2c1. The molecule has 2 aromatic carbocycles. The van der Waals surface area contributed by atoms with E-state index < -0.39 is 0 Å². The molecule has 154 valence electrons. The molecule has 0 spiro atoms. The molecular weight excluding hydrogens is 348 g/mol. The summed E-state index contributed by atoms with van der Waals surface area (Å²) in [6, 6.07) is 14.2. The van der Waals surface area contributed by atoms with Gasteiger partial charge in [0.2, 0.25) is 0 Å². The van der Waals surface area contributed by atoms with Crippen LogP contribution in [0.15, 0.2) is 61.2 Å². The molecule has 0 unspecified atom stereocenters. The van der Waals surface area contributed by atoms with Gasteiger partial charge in [0.15, 0.2) is 0 Å². The molecule has 2 aromatic rings. The van der Waals surface area contributed by atoms with E-state index in [1.807, 2.05) is 6.08 Å². The van der Waals surface area contributed by atoms with Crippen LogP contribution in [0, 0.1) is 17.8 Å². The van der Waals surface area contributed by atoms with Gasteiger partial charge in [0.1, 0.15) is 0 Å². The molecule has 2 fully saturated rings. The Morgan fingerprint density at radius 2 is 1.48 bits per heavy atom. The average Bonchev–Trinajstić information content (AvgIpc) is 2.78. The Kier molecular flexibility index (Phi) is 6.90. The summed E-state index contributed by atoms with van der Waals surface area (Å²) in [4.78, 5) is 0. The maximum Gasteiger partial charge on any atom is -0.0162 e. The first-order valence-corrected chi connectivity index (χ1v) is 12.0. The van der Waals surface area contributed by atoms with Gasteiger partial charge in [0, 0.05) is 0 Å². The van der Waals surface area contributed by atoms with Crippen molar-refractivity contribution in [1.82, 2.24) is 0 Å². The van der Waals surface area contributed by atoms with E-state index in [0.717, 1.165) is 36.5 Å². The topological polar surface area (TPSA) is 0 Å². The predicted molar refractivity (Wildman–Crippen MR) is 127 cm³/mol. The summed E-state index contributed by atoms with van der Waals surface area (Å²) in [5.41, 5.74) is 3.00. The van der Waals surface area contributed by atoms with Crippen molar-refractivity contribution in [2.24, 2.45) is 17.8 Å². The second kappa shape index (κ2) is 9.79. The number of allylic oxidation sites excluding steroid dienone is 3. The maximum atomic E-state index is 3.84. The Morgan fingerprint density at radius 3 is 2.17 bits per heavy atom. The molecule has 0 heterocycles. The molecule has 0 bridgehead atoms. The molecule has 2 aliphatic rings. The molecule has 4 rings (SSSR count). The second-order valence-electron chi connectivity index (χ2n) is 9.58. The summed E-state index contributed by atoms with van der Waals surface area (Å²) in [6.07, 6.45) is 20.3. The molecule has 0 saturated heterocycles. The Balaban J connectivity index is 1.34. The van der Waals surface area contributed by atoms with Crippen LogP contribution in [-0.2, 0) is 6.42 Å². The molecule has 0 N–H and O–H groups in total. The molecule has 0 amide bonds. The highest BCUT2D eigenvalue weighted by Gasteiger charge is 2.30. The fourth-order valence-electron chi connectivity index (χ4n) is 6.00. The van der Waals surface area contributed by atoms with E-state index >= 15 is 0 Å². The normalized spacial score (nSPS) is 28.0. The highest BCUT2D eigenvalue weighted by molar-refractivity contribution is 5.84. The quantitative estimate of drug-likeness (QED) is 0.436. The van der Waals surface area contributed by atoms with E-state index in [9.17, 15) is 0 Å². The minimum absolute atomic E-state index is 0.774. The van der Waals surface area contributed by atoms with Gasteiger partial charge in [-0.05, 0) is 117 Å². The molecule has 0 heteroatoms. The van der Waals surface area contributed by atoms with Gasteiger partial charge in [-0.25, -0.2) is 0 Å². The lowest BCUT2D eigenvalue weighted by molar-refractivity contribution is 0.171. The molecule has 0 aliphatic heterocycles. The lowest BCUT2D eigenvalue weighted by Crippen LogP contribution is -2.25. The third-order valence-electron chi connectivity index (χ3n) is 7.76. The van der Waals surface area contributed by atoms with Crippen LogP contribution in [0.3, 0.4) is 0 Å². The third-order valence-corrected chi connectivity index (χ3v) is 7.76. The van der Waals surface area contributed by atoms with Gasteiger partial charge in [0.05, 0.1) is 0 Å². The monoisotopic (exact) mass is 386 g/mol. The van der Waals surface area contributed by atoms with E-state index in [1.54, 1.807) is 5.56 Å². The van der Waals surface area contributed by atoms with Crippen molar-refractivity contribution in [1.29, 1.82) is 0 Å². The number of fused-ring (bicyclic) bond motifs is 1. The van der Waals surface area contributed by atoms with Gasteiger partial charge in [-0.2, -0.15) is 0 Å². The number of hydrogen-bond acceptors (Lipinski definition) is 0. The van der Waals surface area contributed by atoms with Gasteiger partial charge in [0.25, 0.3) is 0 Å². The Morgan fingerprint density at radius 1 is 0.828 bits per heavy atom. The summed E-state index contributed by atoms with van der Waals surface area (Å²) < 4.78 is 0. The highest BCUT2D eigenvalue weighted by Crippen LogP contribution is 2.44. The fourth-order valence-corrected chi connectivity index (χ4v) is 6.00. The number of rotatable bonds is 6. The van der Waals surface area contributed by atoms with E-state index in [2.05, 4.69) is 62.1 Å². The van der Waals surface area contributed by atoms with E-state index in [-0.39, 0.29) is 0 Å². The van der Waals surface area contributed by atoms with Crippen LogP contribution < -0.4 is 0 Å². The van der Waals surface area contributed by atoms with Gasteiger partial charge >= 0.3 is 0 Å². The Bertz CT molecular complexity index is 826. The molecular formula is C29H38. The molecule has 0 atom stereocenters. The smallest absolute Gasteiger partial charge is 0.0162 e. The van der Waals surface area contributed by atoms with Gasteiger partial charge < -0.3 is 0 Å². The fraction of sp³-hybridized carbons (Fsp3) is 0.517. The first kappa shape index (κ1) is 20.5. The lowest BCUT2D eigenvalue weighted by atomic mass is 9.68. The zero-order valence-corrected chi connectivity index (χ0v) is 18.3. The molecule has 0 aromatic heterocycles. The zero-order chi connectivity index (χ0) is 20.1. The van der Waals surface area contributed by atoms with Gasteiger partial charge in [-0.3, -0.25) is 0 Å². The Labute approximate surface area is 178 Å². The van der Waals surface area contributed by atoms with Crippen LogP contribution in [0.2, 0.25) is 0 Å². The lowest BCUT2D eigenvalue weighted by Gasteiger charge is -2.37. The third kappa shape index (κ3) is 5.03. The second-order valence-corrected chi connectivity index (χ2v) is 9.58. The number of benzene rings is 2. The largest absolute Gasteiger partial charge is 0.103 e. The van der Waals surface area contributed by atoms with Crippen LogP contribution in [-0.4, -0.2) is 0 Å². The summed E-state index contributed by atoms with van der Waals surface area (Å²) in [7, 11) is 0. The van der Waals surface area contributed by atoms with Crippen LogP contribution in [0.25, 0.3) is 10.8 Å². The van der Waals surface area contributed by atoms with Crippen molar-refractivity contribution in [2.45, 2.75) is 77.0 Å². The van der Waals surface area contributed by atoms with Gasteiger partial charge in [-0.15, -0.1) is 6.58 Å². The molecule has 0 radical (unpaired) electrons. The van der Waals surface area contributed by atoms with Crippen molar-refractivity contribution in [3.63, 3.8) is 0 Å². The average molecular weight is 387 g/mol. The van der Waals surface area contributed by atoms with Crippen LogP contribution in [0.5, 0.6) is 0 Å². The minimum atomic E-state index is 0.774. The minimum Gasteiger partial charge on any atom is -0.103 e. The maximum absolute atomic E-state index is 3.84. The van der Waals surface area contributed by atoms with Crippen LogP contribution in [0.1, 0.15) is 81.8 Å². The first-order chi connectivity index (χ1) is 14.3. The Hall–Kier alpha value is -1.82. The van der Waals surface area contributed by atoms with Crippen molar-refractivity contribution in [3.8, 4) is 0 Å². The molecule has 2 aliphatic carbocycles. The highest BCUT2D eigenvalue weighted by atomic mass is 14.4. The summed E-state index contributed by atoms with van der Waals surface area (Å²) in [5, 5.41) is 2.80. The predicted octanol–water partition coefficient (Wildman–Crippen LogP) is 8.61. The van der Waals surface area contributed by atoms with Crippen molar-refractivity contribution >= 4 is 10.8 Å². The van der Waals surface area contributed by atoms with Gasteiger partial charge in [-0.1, -0.05) is 54.6 Å². The number of aryl methyl sites for hydroxylation is 1. The first-order valence-electron chi connectivity index (χ1n) is 12.0. The number of hydrogen-bond donors (Lipinski definition) is 0. The summed E-state index contributed by atoms with van der Waals surface area (Å²) in [5.74, 6) is 3.63. The molecule has 2 saturated carbocycles. The standard InChI is InChI=1S/C29H38/c1-3-5-7-23-10-13-29-21-28(19-18-27(29)20-23)26-16-14-25(15-17-26)24-11-8-22(6-4-2)9-12-24/h3-4,6,10,13,18-22,24-26H,1,5,7-9,11-12,14-17H2,2H3/b6-4+. The van der Waals surface area contributed by atoms with E-state index in [4.69, 9.17) is 0 Å². The zero-order valence-electron chi connectivity index (χ0n) is 18.3. The van der Waals surface area contributed by atoms with Crippen LogP contribution in [0.4, 0.5) is 0 Å². The van der Waals surface area contributed by atoms with E-state index in [0.29, 0.717) is 0 Å². The summed E-state index contributed by atoms with van der Waals surface area (Å²) in [6.45, 7) is 6.01. The van der Waals surface area contributed by atoms with Crippen molar-refractivity contribution in [3.05, 3.63) is 72.3 Å². The van der Waals surface area contributed by atoms with E-state index in [1.165, 1.54) is 67.7 Å². The molecule has 29 heavy (non-hydrogen) atoms.